The summed E-state index contributed by atoms with van der Waals surface area (Å²) in [6.07, 6.45) is 0. The van der Waals surface area contributed by atoms with Gasteiger partial charge in [0, 0.05) is 21.8 Å². The second kappa shape index (κ2) is 9.43. The summed E-state index contributed by atoms with van der Waals surface area (Å²) in [5, 5.41) is 5.84. The fraction of sp³-hybridized carbons (Fsp3) is 0.167. The maximum Gasteiger partial charge on any atom is 0.255 e. The first-order valence-electron chi connectivity index (χ1n) is 9.39. The second-order valence-electron chi connectivity index (χ2n) is 7.00. The number of amides is 2. The van der Waals surface area contributed by atoms with E-state index in [2.05, 4.69) is 10.6 Å². The SMILES string of the molecule is Cc1ccc(C(=O)Nc2ccc(SCC(=O)Nc3ccc(C)cc3C)cc2)cc1. The standard InChI is InChI=1S/C24H24N2O2S/c1-16-4-7-19(8-5-16)24(28)25-20-9-11-21(12-10-20)29-15-23(27)26-22-13-6-17(2)14-18(22)3/h4-14H,15H2,1-3H3,(H,25,28)(H,26,27). The molecule has 0 saturated carbocycles. The van der Waals surface area contributed by atoms with Gasteiger partial charge >= 0.3 is 0 Å². The fourth-order valence-electron chi connectivity index (χ4n) is 2.83. The Labute approximate surface area is 175 Å². The van der Waals surface area contributed by atoms with Crippen LogP contribution in [0.5, 0.6) is 0 Å². The van der Waals surface area contributed by atoms with Crippen molar-refractivity contribution in [3.8, 4) is 0 Å². The molecule has 148 valence electrons. The number of hydrogen-bond acceptors (Lipinski definition) is 3. The molecular weight excluding hydrogens is 380 g/mol. The molecule has 0 fully saturated rings. The zero-order valence-electron chi connectivity index (χ0n) is 16.8. The quantitative estimate of drug-likeness (QED) is 0.526. The topological polar surface area (TPSA) is 58.2 Å². The van der Waals surface area contributed by atoms with Crippen molar-refractivity contribution in [1.29, 1.82) is 0 Å². The highest BCUT2D eigenvalue weighted by molar-refractivity contribution is 8.00. The molecule has 29 heavy (non-hydrogen) atoms. The third-order valence-electron chi connectivity index (χ3n) is 4.45. The summed E-state index contributed by atoms with van der Waals surface area (Å²) in [7, 11) is 0. The Hall–Kier alpha value is -3.05. The predicted molar refractivity (Wildman–Crippen MR) is 121 cm³/mol. The minimum atomic E-state index is -0.141. The van der Waals surface area contributed by atoms with E-state index >= 15 is 0 Å². The molecule has 3 aromatic rings. The van der Waals surface area contributed by atoms with Crippen molar-refractivity contribution in [1.82, 2.24) is 0 Å². The Morgan fingerprint density at radius 1 is 0.793 bits per heavy atom. The summed E-state index contributed by atoms with van der Waals surface area (Å²) in [5.41, 5.74) is 5.53. The summed E-state index contributed by atoms with van der Waals surface area (Å²) < 4.78 is 0. The van der Waals surface area contributed by atoms with Crippen LogP contribution in [0.1, 0.15) is 27.0 Å². The molecule has 3 rings (SSSR count). The molecule has 2 N–H and O–H groups in total. The zero-order chi connectivity index (χ0) is 20.8. The van der Waals surface area contributed by atoms with E-state index in [1.807, 2.05) is 87.5 Å². The first-order chi connectivity index (χ1) is 13.9. The average Bonchev–Trinajstić information content (AvgIpc) is 2.70. The summed E-state index contributed by atoms with van der Waals surface area (Å²) in [6.45, 7) is 6.00. The summed E-state index contributed by atoms with van der Waals surface area (Å²) in [4.78, 5) is 25.5. The van der Waals surface area contributed by atoms with Gasteiger partial charge in [-0.05, 0) is 68.8 Å². The molecule has 2 amide bonds. The van der Waals surface area contributed by atoms with Gasteiger partial charge in [0.1, 0.15) is 0 Å². The van der Waals surface area contributed by atoms with Crippen molar-refractivity contribution in [2.24, 2.45) is 0 Å². The zero-order valence-corrected chi connectivity index (χ0v) is 17.6. The van der Waals surface area contributed by atoms with E-state index in [4.69, 9.17) is 0 Å². The van der Waals surface area contributed by atoms with Crippen LogP contribution in [0.3, 0.4) is 0 Å². The maximum atomic E-state index is 12.3. The van der Waals surface area contributed by atoms with Gasteiger partial charge in [0.15, 0.2) is 0 Å². The lowest BCUT2D eigenvalue weighted by atomic mass is 10.1. The van der Waals surface area contributed by atoms with E-state index in [9.17, 15) is 9.59 Å². The number of aryl methyl sites for hydroxylation is 3. The second-order valence-corrected chi connectivity index (χ2v) is 8.05. The fourth-order valence-corrected chi connectivity index (χ4v) is 3.53. The van der Waals surface area contributed by atoms with Crippen LogP contribution >= 0.6 is 11.8 Å². The van der Waals surface area contributed by atoms with Crippen molar-refractivity contribution < 1.29 is 9.59 Å². The average molecular weight is 405 g/mol. The number of carbonyl (C=O) groups excluding carboxylic acids is 2. The first-order valence-corrected chi connectivity index (χ1v) is 10.4. The Bertz CT molecular complexity index is 1010. The van der Waals surface area contributed by atoms with Crippen LogP contribution in [-0.4, -0.2) is 17.6 Å². The van der Waals surface area contributed by atoms with E-state index in [-0.39, 0.29) is 11.8 Å². The highest BCUT2D eigenvalue weighted by Gasteiger charge is 2.08. The van der Waals surface area contributed by atoms with Gasteiger partial charge in [-0.3, -0.25) is 9.59 Å². The lowest BCUT2D eigenvalue weighted by Crippen LogP contribution is -2.14. The predicted octanol–water partition coefficient (Wildman–Crippen LogP) is 5.59. The largest absolute Gasteiger partial charge is 0.325 e. The van der Waals surface area contributed by atoms with Crippen LogP contribution in [0.15, 0.2) is 71.6 Å². The van der Waals surface area contributed by atoms with Crippen molar-refractivity contribution in [3.63, 3.8) is 0 Å². The van der Waals surface area contributed by atoms with Gasteiger partial charge in [-0.25, -0.2) is 0 Å². The number of thioether (sulfide) groups is 1. The lowest BCUT2D eigenvalue weighted by molar-refractivity contribution is -0.113. The molecule has 0 radical (unpaired) electrons. The highest BCUT2D eigenvalue weighted by Crippen LogP contribution is 2.22. The highest BCUT2D eigenvalue weighted by atomic mass is 32.2. The van der Waals surface area contributed by atoms with Gasteiger partial charge in [0.25, 0.3) is 5.91 Å². The Balaban J connectivity index is 1.51. The van der Waals surface area contributed by atoms with Gasteiger partial charge in [-0.15, -0.1) is 11.8 Å². The molecule has 0 saturated heterocycles. The number of rotatable bonds is 6. The van der Waals surface area contributed by atoms with Crippen LogP contribution in [0.25, 0.3) is 0 Å². The summed E-state index contributed by atoms with van der Waals surface area (Å²) in [6, 6.07) is 20.9. The van der Waals surface area contributed by atoms with Crippen molar-refractivity contribution >= 4 is 35.0 Å². The smallest absolute Gasteiger partial charge is 0.255 e. The van der Waals surface area contributed by atoms with E-state index in [0.29, 0.717) is 11.3 Å². The molecule has 0 atom stereocenters. The van der Waals surface area contributed by atoms with Crippen LogP contribution in [-0.2, 0) is 4.79 Å². The van der Waals surface area contributed by atoms with E-state index < -0.39 is 0 Å². The lowest BCUT2D eigenvalue weighted by Gasteiger charge is -2.09. The number of benzene rings is 3. The molecule has 0 unspecified atom stereocenters. The molecule has 0 aliphatic carbocycles. The molecule has 0 aromatic heterocycles. The Morgan fingerprint density at radius 3 is 2.10 bits per heavy atom. The Morgan fingerprint density at radius 2 is 1.45 bits per heavy atom. The number of nitrogens with one attached hydrogen (secondary N) is 2. The van der Waals surface area contributed by atoms with Gasteiger partial charge < -0.3 is 10.6 Å². The van der Waals surface area contributed by atoms with Gasteiger partial charge in [-0.2, -0.15) is 0 Å². The van der Waals surface area contributed by atoms with Crippen molar-refractivity contribution in [2.75, 3.05) is 16.4 Å². The minimum Gasteiger partial charge on any atom is -0.325 e. The van der Waals surface area contributed by atoms with Gasteiger partial charge in [0.2, 0.25) is 5.91 Å². The third-order valence-corrected chi connectivity index (χ3v) is 5.46. The van der Waals surface area contributed by atoms with Crippen LogP contribution < -0.4 is 10.6 Å². The maximum absolute atomic E-state index is 12.3. The normalized spacial score (nSPS) is 10.4. The molecule has 4 nitrogen and oxygen atoms in total. The minimum absolute atomic E-state index is 0.0429. The molecule has 0 aliphatic heterocycles. The van der Waals surface area contributed by atoms with Gasteiger partial charge in [-0.1, -0.05) is 35.4 Å². The van der Waals surface area contributed by atoms with E-state index in [0.717, 1.165) is 27.4 Å². The number of anilines is 2. The van der Waals surface area contributed by atoms with Crippen molar-refractivity contribution in [2.45, 2.75) is 25.7 Å². The molecule has 0 aliphatic rings. The molecule has 5 heteroatoms. The summed E-state index contributed by atoms with van der Waals surface area (Å²) >= 11 is 1.46. The monoisotopic (exact) mass is 404 g/mol. The molecular formula is C24H24N2O2S. The molecule has 3 aromatic carbocycles. The molecule has 0 spiro atoms. The first kappa shape index (κ1) is 20.7. The van der Waals surface area contributed by atoms with Crippen molar-refractivity contribution in [3.05, 3.63) is 89.0 Å². The van der Waals surface area contributed by atoms with Gasteiger partial charge in [0.05, 0.1) is 5.75 Å². The third kappa shape index (κ3) is 5.96. The number of carbonyl (C=O) groups is 2. The van der Waals surface area contributed by atoms with Crippen LogP contribution in [0.2, 0.25) is 0 Å². The summed E-state index contributed by atoms with van der Waals surface area (Å²) in [5.74, 6) is 0.138. The van der Waals surface area contributed by atoms with E-state index in [1.54, 1.807) is 0 Å². The van der Waals surface area contributed by atoms with E-state index in [1.165, 1.54) is 17.3 Å². The molecule has 0 bridgehead atoms. The number of hydrogen-bond donors (Lipinski definition) is 2. The van der Waals surface area contributed by atoms with Crippen LogP contribution in [0.4, 0.5) is 11.4 Å². The Kier molecular flexibility index (Phi) is 6.73. The molecule has 0 heterocycles. The van der Waals surface area contributed by atoms with Crippen LogP contribution in [0, 0.1) is 20.8 Å².